The lowest BCUT2D eigenvalue weighted by Crippen LogP contribution is -2.12. The molecule has 0 bridgehead atoms. The van der Waals surface area contributed by atoms with Gasteiger partial charge in [-0.15, -0.1) is 0 Å². The summed E-state index contributed by atoms with van der Waals surface area (Å²) in [7, 11) is 0. The Kier molecular flexibility index (Phi) is 4.89. The zero-order chi connectivity index (χ0) is 8.27. The highest BCUT2D eigenvalue weighted by Gasteiger charge is 2.01. The monoisotopic (exact) mass is 191 g/mol. The highest BCUT2D eigenvalue weighted by atomic mass is 32.1. The Bertz CT molecular complexity index is 232. The lowest BCUT2D eigenvalue weighted by atomic mass is 10.1. The Morgan fingerprint density at radius 1 is 1.42 bits per heavy atom. The van der Waals surface area contributed by atoms with Gasteiger partial charge in [0.25, 0.3) is 0 Å². The van der Waals surface area contributed by atoms with Crippen LogP contribution in [0.25, 0.3) is 0 Å². The van der Waals surface area contributed by atoms with Gasteiger partial charge < -0.3 is 5.21 Å². The third-order valence-electron chi connectivity index (χ3n) is 1.56. The van der Waals surface area contributed by atoms with E-state index in [9.17, 15) is 4.39 Å². The van der Waals surface area contributed by atoms with Gasteiger partial charge in [-0.3, -0.25) is 0 Å². The van der Waals surface area contributed by atoms with Gasteiger partial charge in [-0.2, -0.15) is 19.0 Å². The molecule has 1 unspecified atom stereocenters. The van der Waals surface area contributed by atoms with E-state index in [1.54, 1.807) is 19.1 Å². The summed E-state index contributed by atoms with van der Waals surface area (Å²) >= 11 is 0. The standard InChI is InChI=1S/C8H10FNO.H2S.H2/c1-6(10-11)7-2-4-8(9)5-3-7;;/h2-6,10-11H,1H3;1H2;1H. The fraction of sp³-hybridized carbons (Fsp3) is 0.250. The highest BCUT2D eigenvalue weighted by molar-refractivity contribution is 7.59. The first kappa shape index (κ1) is 11.4. The number of hydroxylamine groups is 1. The first-order chi connectivity index (χ1) is 5.24. The van der Waals surface area contributed by atoms with E-state index in [1.165, 1.54) is 12.1 Å². The van der Waals surface area contributed by atoms with Crippen LogP contribution in [0.4, 0.5) is 4.39 Å². The van der Waals surface area contributed by atoms with Crippen LogP contribution >= 0.6 is 13.5 Å². The third-order valence-corrected chi connectivity index (χ3v) is 1.56. The Hall–Kier alpha value is -0.580. The lowest BCUT2D eigenvalue weighted by Gasteiger charge is -2.07. The fourth-order valence-electron chi connectivity index (χ4n) is 0.826. The molecule has 0 aliphatic rings. The second-order valence-corrected chi connectivity index (χ2v) is 2.40. The molecule has 1 aromatic rings. The molecule has 4 heteroatoms. The molecule has 0 radical (unpaired) electrons. The minimum absolute atomic E-state index is 0. The Morgan fingerprint density at radius 2 is 1.92 bits per heavy atom. The number of halogens is 1. The van der Waals surface area contributed by atoms with Gasteiger partial charge >= 0.3 is 0 Å². The average molecular weight is 191 g/mol. The molecule has 0 amide bonds. The summed E-state index contributed by atoms with van der Waals surface area (Å²) in [6, 6.07) is 5.83. The van der Waals surface area contributed by atoms with E-state index < -0.39 is 0 Å². The summed E-state index contributed by atoms with van der Waals surface area (Å²) in [5.74, 6) is -0.265. The normalized spacial score (nSPS) is 11.9. The molecule has 1 rings (SSSR count). The Balaban J connectivity index is 0. The lowest BCUT2D eigenvalue weighted by molar-refractivity contribution is 0.133. The third kappa shape index (κ3) is 2.81. The van der Waals surface area contributed by atoms with Gasteiger partial charge in [0.05, 0.1) is 6.04 Å². The van der Waals surface area contributed by atoms with E-state index in [0.29, 0.717) is 0 Å². The Morgan fingerprint density at radius 3 is 2.33 bits per heavy atom. The zero-order valence-corrected chi connectivity index (χ0v) is 7.71. The van der Waals surface area contributed by atoms with Gasteiger partial charge in [0, 0.05) is 1.43 Å². The first-order valence-electron chi connectivity index (χ1n) is 3.39. The molecular weight excluding hydrogens is 177 g/mol. The van der Waals surface area contributed by atoms with Gasteiger partial charge in [-0.1, -0.05) is 12.1 Å². The molecule has 1 atom stereocenters. The van der Waals surface area contributed by atoms with E-state index in [0.717, 1.165) is 5.56 Å². The molecule has 0 spiro atoms. The number of rotatable bonds is 2. The van der Waals surface area contributed by atoms with Crippen LogP contribution in [0.15, 0.2) is 24.3 Å². The van der Waals surface area contributed by atoms with Crippen LogP contribution in [-0.4, -0.2) is 5.21 Å². The van der Waals surface area contributed by atoms with Crippen molar-refractivity contribution in [2.45, 2.75) is 13.0 Å². The van der Waals surface area contributed by atoms with Crippen molar-refractivity contribution in [2.75, 3.05) is 0 Å². The minimum Gasteiger partial charge on any atom is -0.316 e. The molecule has 0 fully saturated rings. The molecular formula is C8H14FNOS. The van der Waals surface area contributed by atoms with Gasteiger partial charge in [0.1, 0.15) is 5.82 Å². The number of hydrogen-bond donors (Lipinski definition) is 2. The van der Waals surface area contributed by atoms with Crippen molar-refractivity contribution >= 4 is 13.5 Å². The van der Waals surface area contributed by atoms with Crippen LogP contribution in [0.1, 0.15) is 20.0 Å². The molecule has 0 aliphatic heterocycles. The molecule has 0 aliphatic carbocycles. The summed E-state index contributed by atoms with van der Waals surface area (Å²) < 4.78 is 12.4. The van der Waals surface area contributed by atoms with Crippen molar-refractivity contribution in [3.05, 3.63) is 35.6 Å². The predicted octanol–water partition coefficient (Wildman–Crippen LogP) is 2.22. The highest BCUT2D eigenvalue weighted by Crippen LogP contribution is 2.11. The molecule has 12 heavy (non-hydrogen) atoms. The van der Waals surface area contributed by atoms with E-state index in [2.05, 4.69) is 5.48 Å². The topological polar surface area (TPSA) is 32.3 Å². The Labute approximate surface area is 79.3 Å². The van der Waals surface area contributed by atoms with E-state index >= 15 is 0 Å². The van der Waals surface area contributed by atoms with Crippen LogP contribution in [0.3, 0.4) is 0 Å². The van der Waals surface area contributed by atoms with E-state index in [4.69, 9.17) is 5.21 Å². The van der Waals surface area contributed by atoms with Crippen LogP contribution in [0.5, 0.6) is 0 Å². The molecule has 70 valence electrons. The molecule has 0 saturated heterocycles. The van der Waals surface area contributed by atoms with Gasteiger partial charge in [0.2, 0.25) is 0 Å². The quantitative estimate of drug-likeness (QED) is 0.702. The molecule has 0 heterocycles. The summed E-state index contributed by atoms with van der Waals surface area (Å²) in [5, 5.41) is 8.51. The maximum atomic E-state index is 12.4. The van der Waals surface area contributed by atoms with Gasteiger partial charge in [0.15, 0.2) is 0 Å². The van der Waals surface area contributed by atoms with Crippen LogP contribution in [-0.2, 0) is 0 Å². The minimum atomic E-state index is -0.265. The average Bonchev–Trinajstić information content (AvgIpc) is 2.05. The zero-order valence-electron chi connectivity index (χ0n) is 6.71. The first-order valence-corrected chi connectivity index (χ1v) is 3.39. The predicted molar refractivity (Wildman–Crippen MR) is 52.2 cm³/mol. The summed E-state index contributed by atoms with van der Waals surface area (Å²) in [5.41, 5.74) is 2.93. The van der Waals surface area contributed by atoms with Crippen molar-refractivity contribution < 1.29 is 11.0 Å². The number of hydrogen-bond acceptors (Lipinski definition) is 2. The maximum absolute atomic E-state index is 12.4. The molecule has 0 aromatic heterocycles. The van der Waals surface area contributed by atoms with Crippen LogP contribution < -0.4 is 5.48 Å². The van der Waals surface area contributed by atoms with Crippen LogP contribution in [0.2, 0.25) is 0 Å². The largest absolute Gasteiger partial charge is 0.316 e. The number of benzene rings is 1. The summed E-state index contributed by atoms with van der Waals surface area (Å²) in [6.07, 6.45) is 0. The van der Waals surface area contributed by atoms with E-state index in [1.807, 2.05) is 0 Å². The molecule has 1 aromatic carbocycles. The second kappa shape index (κ2) is 5.13. The maximum Gasteiger partial charge on any atom is 0.123 e. The van der Waals surface area contributed by atoms with Crippen molar-refractivity contribution in [3.8, 4) is 0 Å². The van der Waals surface area contributed by atoms with Crippen molar-refractivity contribution in [1.29, 1.82) is 0 Å². The summed E-state index contributed by atoms with van der Waals surface area (Å²) in [6.45, 7) is 1.78. The second-order valence-electron chi connectivity index (χ2n) is 2.40. The molecule has 2 nitrogen and oxygen atoms in total. The van der Waals surface area contributed by atoms with Crippen molar-refractivity contribution in [3.63, 3.8) is 0 Å². The molecule has 0 saturated carbocycles. The fourth-order valence-corrected chi connectivity index (χ4v) is 0.826. The SMILES string of the molecule is CC(NO)c1ccc(F)cc1.S.[HH]. The smallest absolute Gasteiger partial charge is 0.123 e. The van der Waals surface area contributed by atoms with Crippen molar-refractivity contribution in [2.24, 2.45) is 0 Å². The number of nitrogens with one attached hydrogen (secondary N) is 1. The van der Waals surface area contributed by atoms with Gasteiger partial charge in [-0.25, -0.2) is 4.39 Å². The summed E-state index contributed by atoms with van der Waals surface area (Å²) in [4.78, 5) is 0. The molecule has 2 N–H and O–H groups in total. The van der Waals surface area contributed by atoms with Crippen molar-refractivity contribution in [1.82, 2.24) is 5.48 Å². The van der Waals surface area contributed by atoms with Gasteiger partial charge in [-0.05, 0) is 24.6 Å². The van der Waals surface area contributed by atoms with E-state index in [-0.39, 0.29) is 26.8 Å². The van der Waals surface area contributed by atoms with Crippen LogP contribution in [0, 0.1) is 5.82 Å².